The summed E-state index contributed by atoms with van der Waals surface area (Å²) in [6.07, 6.45) is 3.05. The average Bonchev–Trinajstić information content (AvgIpc) is 3.07. The number of aryl methyl sites for hydroxylation is 2. The molecule has 1 aromatic rings. The van der Waals surface area contributed by atoms with Gasteiger partial charge in [0.25, 0.3) is 0 Å². The molecule has 1 aromatic heterocycles. The minimum atomic E-state index is -0.495. The van der Waals surface area contributed by atoms with Crippen LogP contribution in [0.3, 0.4) is 0 Å². The number of nitrogens with zero attached hydrogens (tertiary/aromatic N) is 1. The first-order valence-corrected chi connectivity index (χ1v) is 10.6. The predicted octanol–water partition coefficient (Wildman–Crippen LogP) is 1.25. The molecule has 10 heteroatoms. The summed E-state index contributed by atoms with van der Waals surface area (Å²) in [5, 5.41) is 22.1. The normalized spacial score (nSPS) is 25.0. The van der Waals surface area contributed by atoms with Crippen LogP contribution in [-0.4, -0.2) is 66.8 Å². The van der Waals surface area contributed by atoms with Crippen LogP contribution in [-0.2, 0) is 14.3 Å². The van der Waals surface area contributed by atoms with Crippen molar-refractivity contribution in [2.45, 2.75) is 64.2 Å². The molecule has 30 heavy (non-hydrogen) atoms. The van der Waals surface area contributed by atoms with Crippen LogP contribution in [0.1, 0.15) is 43.6 Å². The largest absolute Gasteiger partial charge is 0.394 e. The van der Waals surface area contributed by atoms with E-state index in [2.05, 4.69) is 21.1 Å². The van der Waals surface area contributed by atoms with Gasteiger partial charge in [0, 0.05) is 25.7 Å². The van der Waals surface area contributed by atoms with Crippen molar-refractivity contribution in [1.82, 2.24) is 15.8 Å². The summed E-state index contributed by atoms with van der Waals surface area (Å²) in [5.74, 6) is 0.633. The van der Waals surface area contributed by atoms with Crippen molar-refractivity contribution in [2.75, 3.05) is 31.7 Å². The fraction of sp³-hybridized carbons (Fsp3) is 0.750. The van der Waals surface area contributed by atoms with Crippen molar-refractivity contribution < 1.29 is 28.7 Å². The minimum Gasteiger partial charge on any atom is -0.394 e. The number of carbonyl (C=O) groups excluding carboxylic acids is 2. The molecular formula is C20H32N4O6. The first kappa shape index (κ1) is 22.5. The maximum absolute atomic E-state index is 12.3. The van der Waals surface area contributed by atoms with E-state index in [0.717, 1.165) is 19.3 Å². The fourth-order valence-electron chi connectivity index (χ4n) is 3.95. The van der Waals surface area contributed by atoms with Gasteiger partial charge in [0.2, 0.25) is 5.91 Å². The molecule has 2 fully saturated rings. The second-order valence-electron chi connectivity index (χ2n) is 7.93. The number of urea groups is 1. The lowest BCUT2D eigenvalue weighted by molar-refractivity contribution is -0.128. The van der Waals surface area contributed by atoms with Crippen molar-refractivity contribution in [3.05, 3.63) is 11.5 Å². The third-order valence-corrected chi connectivity index (χ3v) is 5.74. The van der Waals surface area contributed by atoms with E-state index in [-0.39, 0.29) is 30.6 Å². The molecule has 0 aliphatic carbocycles. The summed E-state index contributed by atoms with van der Waals surface area (Å²) in [6, 6.07) is -0.692. The Kier molecular flexibility index (Phi) is 8.06. The lowest BCUT2D eigenvalue weighted by Crippen LogP contribution is -2.52. The van der Waals surface area contributed by atoms with Gasteiger partial charge in [-0.25, -0.2) is 4.79 Å². The van der Waals surface area contributed by atoms with Crippen LogP contribution in [0.5, 0.6) is 0 Å². The monoisotopic (exact) mass is 424 g/mol. The van der Waals surface area contributed by atoms with Gasteiger partial charge in [-0.05, 0) is 46.0 Å². The van der Waals surface area contributed by atoms with Crippen LogP contribution >= 0.6 is 0 Å². The Morgan fingerprint density at radius 1 is 1.17 bits per heavy atom. The summed E-state index contributed by atoms with van der Waals surface area (Å²) in [6.45, 7) is 5.09. The van der Waals surface area contributed by atoms with Gasteiger partial charge in [0.05, 0.1) is 18.8 Å². The predicted molar refractivity (Wildman–Crippen MR) is 108 cm³/mol. The Morgan fingerprint density at radius 3 is 2.60 bits per heavy atom. The number of rotatable bonds is 7. The van der Waals surface area contributed by atoms with Gasteiger partial charge in [0.15, 0.2) is 5.76 Å². The number of aliphatic hydroxyl groups is 1. The maximum atomic E-state index is 12.3. The molecular weight excluding hydrogens is 392 g/mol. The molecule has 0 bridgehead atoms. The number of carbonyl (C=O) groups is 2. The lowest BCUT2D eigenvalue weighted by atomic mass is 9.96. The second kappa shape index (κ2) is 10.7. The zero-order valence-corrected chi connectivity index (χ0v) is 17.6. The summed E-state index contributed by atoms with van der Waals surface area (Å²) < 4.78 is 16.3. The summed E-state index contributed by atoms with van der Waals surface area (Å²) >= 11 is 0. The number of hydrogen-bond acceptors (Lipinski definition) is 7. The van der Waals surface area contributed by atoms with Gasteiger partial charge < -0.3 is 35.1 Å². The minimum absolute atomic E-state index is 0.0287. The van der Waals surface area contributed by atoms with Gasteiger partial charge >= 0.3 is 6.03 Å². The number of amides is 3. The van der Waals surface area contributed by atoms with Gasteiger partial charge in [0.1, 0.15) is 17.5 Å². The highest BCUT2D eigenvalue weighted by Crippen LogP contribution is 2.23. The van der Waals surface area contributed by atoms with Crippen molar-refractivity contribution in [3.63, 3.8) is 0 Å². The molecule has 0 spiro atoms. The summed E-state index contributed by atoms with van der Waals surface area (Å²) in [5.41, 5.74) is 1.15. The molecule has 0 radical (unpaired) electrons. The maximum Gasteiger partial charge on any atom is 0.319 e. The number of nitrogens with one attached hydrogen (secondary N) is 3. The van der Waals surface area contributed by atoms with Crippen molar-refractivity contribution >= 4 is 17.6 Å². The van der Waals surface area contributed by atoms with Crippen LogP contribution in [0.2, 0.25) is 0 Å². The van der Waals surface area contributed by atoms with Gasteiger partial charge in [-0.3, -0.25) is 4.79 Å². The molecule has 0 aromatic carbocycles. The Bertz CT molecular complexity index is 699. The Labute approximate surface area is 176 Å². The van der Waals surface area contributed by atoms with Crippen molar-refractivity contribution in [3.8, 4) is 0 Å². The molecule has 2 saturated heterocycles. The van der Waals surface area contributed by atoms with Gasteiger partial charge in [-0.2, -0.15) is 0 Å². The van der Waals surface area contributed by atoms with E-state index in [1.54, 1.807) is 13.8 Å². The molecule has 4 N–H and O–H groups in total. The van der Waals surface area contributed by atoms with Gasteiger partial charge in [-0.15, -0.1) is 0 Å². The molecule has 0 unspecified atom stereocenters. The molecule has 2 aliphatic heterocycles. The number of aromatic nitrogens is 1. The standard InChI is InChI=1S/C20H32N4O6/c1-12-18(13(2)30-24-12)23-20(27)22-16-4-3-15(29-17(16)11-25)5-8-21-19(26)14-6-9-28-10-7-14/h14-17,25H,3-11H2,1-2H3,(H,21,26)(H2,22,23,27)/t15-,16+,17+/m1/s1. The zero-order chi connectivity index (χ0) is 21.5. The van der Waals surface area contributed by atoms with Gasteiger partial charge in [-0.1, -0.05) is 5.16 Å². The molecule has 3 atom stereocenters. The van der Waals surface area contributed by atoms with E-state index in [4.69, 9.17) is 14.0 Å². The molecule has 168 valence electrons. The van der Waals surface area contributed by atoms with E-state index in [1.807, 2.05) is 0 Å². The smallest absolute Gasteiger partial charge is 0.319 e. The zero-order valence-electron chi connectivity index (χ0n) is 17.6. The first-order valence-electron chi connectivity index (χ1n) is 10.6. The fourth-order valence-corrected chi connectivity index (χ4v) is 3.95. The second-order valence-corrected chi connectivity index (χ2v) is 7.93. The van der Waals surface area contributed by atoms with Crippen molar-refractivity contribution in [2.24, 2.45) is 5.92 Å². The van der Waals surface area contributed by atoms with Crippen LogP contribution in [0.15, 0.2) is 4.52 Å². The molecule has 2 aliphatic rings. The quantitative estimate of drug-likeness (QED) is 0.517. The van der Waals surface area contributed by atoms with E-state index >= 15 is 0 Å². The Morgan fingerprint density at radius 2 is 1.93 bits per heavy atom. The molecule has 0 saturated carbocycles. The third kappa shape index (κ3) is 5.93. The number of hydrogen-bond donors (Lipinski definition) is 4. The topological polar surface area (TPSA) is 135 Å². The van der Waals surface area contributed by atoms with E-state index in [9.17, 15) is 14.7 Å². The highest BCUT2D eigenvalue weighted by Gasteiger charge is 2.32. The van der Waals surface area contributed by atoms with Crippen molar-refractivity contribution in [1.29, 1.82) is 0 Å². The lowest BCUT2D eigenvalue weighted by Gasteiger charge is -2.36. The van der Waals surface area contributed by atoms with Crippen LogP contribution in [0, 0.1) is 19.8 Å². The van der Waals surface area contributed by atoms with E-state index in [0.29, 0.717) is 49.7 Å². The Balaban J connectivity index is 1.40. The van der Waals surface area contributed by atoms with Crippen LogP contribution in [0.25, 0.3) is 0 Å². The first-order chi connectivity index (χ1) is 14.5. The SMILES string of the molecule is Cc1noc(C)c1NC(=O)N[C@H]1CC[C@H](CCNC(=O)C2CCOCC2)O[C@H]1CO. The number of ether oxygens (including phenoxy) is 2. The number of aliphatic hydroxyl groups excluding tert-OH is 1. The molecule has 3 heterocycles. The molecule has 10 nitrogen and oxygen atoms in total. The van der Waals surface area contributed by atoms with Crippen LogP contribution in [0.4, 0.5) is 10.5 Å². The molecule has 3 amide bonds. The summed E-state index contributed by atoms with van der Waals surface area (Å²) in [4.78, 5) is 24.5. The highest BCUT2D eigenvalue weighted by molar-refractivity contribution is 5.90. The Hall–Kier alpha value is -2.17. The van der Waals surface area contributed by atoms with Crippen LogP contribution < -0.4 is 16.0 Å². The van der Waals surface area contributed by atoms with E-state index < -0.39 is 12.1 Å². The average molecular weight is 424 g/mol. The van der Waals surface area contributed by atoms with E-state index in [1.165, 1.54) is 0 Å². The third-order valence-electron chi connectivity index (χ3n) is 5.74. The molecule has 3 rings (SSSR count). The summed E-state index contributed by atoms with van der Waals surface area (Å²) in [7, 11) is 0. The number of anilines is 1. The highest BCUT2D eigenvalue weighted by atomic mass is 16.5.